The maximum absolute atomic E-state index is 10.9. The number of alkyl halides is 2. The van der Waals surface area contributed by atoms with Gasteiger partial charge >= 0.3 is 10.5 Å². The number of rotatable bonds is 3. The first-order valence-electron chi connectivity index (χ1n) is 3.51. The van der Waals surface area contributed by atoms with Gasteiger partial charge in [0.1, 0.15) is 17.6 Å². The minimum atomic E-state index is -2.14. The summed E-state index contributed by atoms with van der Waals surface area (Å²) in [5.74, 6) is -0.758. The summed E-state index contributed by atoms with van der Waals surface area (Å²) in [6.45, 7) is 0. The molecule has 0 N–H and O–H groups in total. The Morgan fingerprint density at radius 2 is 1.73 bits per heavy atom. The van der Waals surface area contributed by atoms with Crippen LogP contribution in [0.25, 0.3) is 0 Å². The van der Waals surface area contributed by atoms with Crippen molar-refractivity contribution in [1.29, 1.82) is 0 Å². The number of hydrogen-bond acceptors (Lipinski definition) is 3. The van der Waals surface area contributed by atoms with Gasteiger partial charge in [-0.25, -0.2) is 4.79 Å². The van der Waals surface area contributed by atoms with E-state index in [1.807, 2.05) is 0 Å². The zero-order valence-corrected chi connectivity index (χ0v) is 10.3. The molecule has 15 heavy (non-hydrogen) atoms. The van der Waals surface area contributed by atoms with Crippen molar-refractivity contribution in [2.24, 2.45) is 0 Å². The van der Waals surface area contributed by atoms with Crippen LogP contribution in [0.5, 0.6) is 5.75 Å². The molecule has 0 spiro atoms. The van der Waals surface area contributed by atoms with Crippen LogP contribution in [0.3, 0.4) is 0 Å². The zero-order valence-electron chi connectivity index (χ0n) is 7.05. The molecule has 0 aliphatic heterocycles. The fourth-order valence-electron chi connectivity index (χ4n) is 0.723. The molecule has 1 aromatic rings. The van der Waals surface area contributed by atoms with Gasteiger partial charge in [-0.1, -0.05) is 18.2 Å². The second kappa shape index (κ2) is 6.46. The minimum absolute atomic E-state index is 0. The average molecular weight is 319 g/mol. The number of halogens is 3. The maximum Gasteiger partial charge on any atom is 0.401 e. The van der Waals surface area contributed by atoms with E-state index in [1.54, 1.807) is 30.3 Å². The SMILES string of the molecule is O=C(OCl)C(Cl)(Cl)Oc1ccccc1.[Cu]. The van der Waals surface area contributed by atoms with Crippen molar-refractivity contribution in [3.05, 3.63) is 30.3 Å². The molecule has 1 radical (unpaired) electrons. The second-order valence-electron chi connectivity index (χ2n) is 2.30. The molecule has 1 aromatic carbocycles. The summed E-state index contributed by atoms with van der Waals surface area (Å²) in [5, 5.41) is 0. The van der Waals surface area contributed by atoms with Gasteiger partial charge in [-0.2, -0.15) is 0 Å². The molecule has 0 aromatic heterocycles. The molecular weight excluding hydrogens is 314 g/mol. The Morgan fingerprint density at radius 3 is 2.20 bits per heavy atom. The minimum Gasteiger partial charge on any atom is -0.449 e. The van der Waals surface area contributed by atoms with E-state index in [0.29, 0.717) is 5.75 Å². The van der Waals surface area contributed by atoms with Crippen molar-refractivity contribution in [2.75, 3.05) is 0 Å². The zero-order chi connectivity index (χ0) is 10.6. The summed E-state index contributed by atoms with van der Waals surface area (Å²) in [4.78, 5) is 10.9. The van der Waals surface area contributed by atoms with Crippen LogP contribution >= 0.6 is 35.1 Å². The van der Waals surface area contributed by atoms with Crippen LogP contribution in [0.15, 0.2) is 30.3 Å². The number of para-hydroxylation sites is 1. The van der Waals surface area contributed by atoms with Crippen molar-refractivity contribution in [1.82, 2.24) is 0 Å². The molecule has 0 heterocycles. The van der Waals surface area contributed by atoms with Crippen LogP contribution in [0.1, 0.15) is 0 Å². The largest absolute Gasteiger partial charge is 0.449 e. The Balaban J connectivity index is 0.00000196. The van der Waals surface area contributed by atoms with Gasteiger partial charge < -0.3 is 9.03 Å². The van der Waals surface area contributed by atoms with Gasteiger partial charge in [0.2, 0.25) is 0 Å². The first-order valence-corrected chi connectivity index (χ1v) is 4.57. The predicted octanol–water partition coefficient (Wildman–Crippen LogP) is 2.89. The molecule has 7 heteroatoms. The molecule has 3 nitrogen and oxygen atoms in total. The first kappa shape index (κ1) is 14.9. The van der Waals surface area contributed by atoms with Gasteiger partial charge in [0.15, 0.2) is 0 Å². The molecule has 0 amide bonds. The van der Waals surface area contributed by atoms with E-state index in [4.69, 9.17) is 39.8 Å². The molecule has 1 rings (SSSR count). The van der Waals surface area contributed by atoms with Crippen LogP contribution < -0.4 is 4.74 Å². The Hall–Kier alpha value is -0.121. The third-order valence-corrected chi connectivity index (χ3v) is 1.90. The second-order valence-corrected chi connectivity index (χ2v) is 3.71. The van der Waals surface area contributed by atoms with Gasteiger partial charge in [-0.15, -0.1) is 0 Å². The molecule has 0 aliphatic rings. The van der Waals surface area contributed by atoms with Crippen molar-refractivity contribution in [3.63, 3.8) is 0 Å². The monoisotopic (exact) mass is 317 g/mol. The van der Waals surface area contributed by atoms with Gasteiger partial charge in [-0.3, -0.25) is 0 Å². The molecule has 0 saturated heterocycles. The van der Waals surface area contributed by atoms with Crippen molar-refractivity contribution in [3.8, 4) is 5.75 Å². The van der Waals surface area contributed by atoms with Crippen LogP contribution in [-0.2, 0) is 26.2 Å². The van der Waals surface area contributed by atoms with Crippen molar-refractivity contribution < 1.29 is 30.9 Å². The number of benzene rings is 1. The third kappa shape index (κ3) is 4.49. The number of carbonyl (C=O) groups is 1. The summed E-state index contributed by atoms with van der Waals surface area (Å²) >= 11 is 15.8. The summed E-state index contributed by atoms with van der Waals surface area (Å²) < 4.78 is 6.62. The Bertz CT molecular complexity index is 318. The molecule has 0 bridgehead atoms. The van der Waals surface area contributed by atoms with E-state index >= 15 is 0 Å². The number of ether oxygens (including phenoxy) is 1. The Labute approximate surface area is 112 Å². The molecule has 0 unspecified atom stereocenters. The van der Waals surface area contributed by atoms with E-state index in [-0.39, 0.29) is 17.1 Å². The Morgan fingerprint density at radius 1 is 1.20 bits per heavy atom. The van der Waals surface area contributed by atoms with Gasteiger partial charge in [0, 0.05) is 17.1 Å². The molecule has 0 saturated carbocycles. The first-order chi connectivity index (χ1) is 6.56. The molecular formula is C8H5Cl3CuO3. The third-order valence-electron chi connectivity index (χ3n) is 1.30. The van der Waals surface area contributed by atoms with E-state index in [1.165, 1.54) is 0 Å². The van der Waals surface area contributed by atoms with Crippen LogP contribution in [-0.4, -0.2) is 10.5 Å². The number of hydrogen-bond donors (Lipinski definition) is 0. The maximum atomic E-state index is 10.9. The van der Waals surface area contributed by atoms with Crippen LogP contribution in [0, 0.1) is 0 Å². The topological polar surface area (TPSA) is 35.5 Å². The molecule has 0 atom stereocenters. The van der Waals surface area contributed by atoms with Gasteiger partial charge in [0.25, 0.3) is 0 Å². The predicted molar refractivity (Wildman–Crippen MR) is 53.5 cm³/mol. The van der Waals surface area contributed by atoms with Crippen LogP contribution in [0.2, 0.25) is 0 Å². The standard InChI is InChI=1S/C8H5Cl3O3.Cu/c9-8(10,7(12)14-11)13-6-4-2-1-3-5-6;/h1-5H;. The van der Waals surface area contributed by atoms with E-state index in [0.717, 1.165) is 0 Å². The van der Waals surface area contributed by atoms with E-state index in [2.05, 4.69) is 4.29 Å². The van der Waals surface area contributed by atoms with Gasteiger partial charge in [0.05, 0.1) is 0 Å². The summed E-state index contributed by atoms with van der Waals surface area (Å²) in [6.07, 6.45) is 0. The Kier molecular flexibility index (Phi) is 6.41. The molecule has 87 valence electrons. The smallest absolute Gasteiger partial charge is 0.401 e. The molecule has 0 aliphatic carbocycles. The van der Waals surface area contributed by atoms with E-state index in [9.17, 15) is 4.79 Å². The van der Waals surface area contributed by atoms with E-state index < -0.39 is 10.5 Å². The summed E-state index contributed by atoms with van der Waals surface area (Å²) in [7, 11) is 0. The molecule has 0 fully saturated rings. The number of carbonyl (C=O) groups excluding carboxylic acids is 1. The fraction of sp³-hybridized carbons (Fsp3) is 0.125. The van der Waals surface area contributed by atoms with Crippen molar-refractivity contribution in [2.45, 2.75) is 4.52 Å². The van der Waals surface area contributed by atoms with Crippen molar-refractivity contribution >= 4 is 41.0 Å². The quantitative estimate of drug-likeness (QED) is 0.635. The fourth-order valence-corrected chi connectivity index (χ4v) is 1.17. The van der Waals surface area contributed by atoms with Gasteiger partial charge in [-0.05, 0) is 35.3 Å². The average Bonchev–Trinajstić information content (AvgIpc) is 2.17. The summed E-state index contributed by atoms with van der Waals surface area (Å²) in [6, 6.07) is 8.34. The summed E-state index contributed by atoms with van der Waals surface area (Å²) in [5.41, 5.74) is 0. The van der Waals surface area contributed by atoms with Crippen LogP contribution in [0.4, 0.5) is 0 Å². The normalized spacial score (nSPS) is 10.1.